The lowest BCUT2D eigenvalue weighted by Gasteiger charge is -1.99. The second-order valence-corrected chi connectivity index (χ2v) is 3.93. The Bertz CT molecular complexity index is 444. The maximum atomic E-state index is 5.11. The second-order valence-electron chi connectivity index (χ2n) is 3.93. The first kappa shape index (κ1) is 15.2. The number of allylic oxidation sites excluding steroid dienone is 3. The molecule has 0 aromatic heterocycles. The Morgan fingerprint density at radius 3 is 2.53 bits per heavy atom. The Morgan fingerprint density at radius 1 is 1.21 bits per heavy atom. The molecule has 0 heterocycles. The molecule has 0 atom stereocenters. The molecule has 19 heavy (non-hydrogen) atoms. The third-order valence-corrected chi connectivity index (χ3v) is 2.45. The molecule has 0 bridgehead atoms. The zero-order valence-corrected chi connectivity index (χ0v) is 11.8. The van der Waals surface area contributed by atoms with Crippen LogP contribution < -0.4 is 4.74 Å². The molecule has 0 aliphatic carbocycles. The number of rotatable bonds is 7. The quantitative estimate of drug-likeness (QED) is 0.548. The fourth-order valence-electron chi connectivity index (χ4n) is 1.50. The number of methoxy groups -OCH3 is 2. The van der Waals surface area contributed by atoms with Crippen molar-refractivity contribution in [3.63, 3.8) is 0 Å². The van der Waals surface area contributed by atoms with Crippen molar-refractivity contribution in [1.29, 1.82) is 0 Å². The lowest BCUT2D eigenvalue weighted by molar-refractivity contribution is 0.234. The fourth-order valence-corrected chi connectivity index (χ4v) is 1.50. The summed E-state index contributed by atoms with van der Waals surface area (Å²) in [5.41, 5.74) is 1.98. The molecule has 0 amide bonds. The summed E-state index contributed by atoms with van der Waals surface area (Å²) in [4.78, 5) is 4.44. The highest BCUT2D eigenvalue weighted by Crippen LogP contribution is 2.17. The van der Waals surface area contributed by atoms with Gasteiger partial charge in [0.05, 0.1) is 19.4 Å². The molecule has 0 saturated heterocycles. The summed E-state index contributed by atoms with van der Waals surface area (Å²) in [6.07, 6.45) is 8.94. The van der Waals surface area contributed by atoms with E-state index < -0.39 is 0 Å². The predicted octanol–water partition coefficient (Wildman–Crippen LogP) is 3.94. The van der Waals surface area contributed by atoms with E-state index in [1.54, 1.807) is 14.2 Å². The van der Waals surface area contributed by atoms with Crippen LogP contribution in [-0.2, 0) is 4.74 Å². The van der Waals surface area contributed by atoms with Crippen LogP contribution in [0.5, 0.6) is 5.75 Å². The van der Waals surface area contributed by atoms with Crippen LogP contribution in [0.2, 0.25) is 0 Å². The van der Waals surface area contributed by atoms with Crippen LogP contribution in [0, 0.1) is 0 Å². The van der Waals surface area contributed by atoms with E-state index in [1.807, 2.05) is 42.6 Å². The monoisotopic (exact) mass is 259 g/mol. The van der Waals surface area contributed by atoms with Crippen molar-refractivity contribution in [3.05, 3.63) is 48.1 Å². The van der Waals surface area contributed by atoms with Crippen LogP contribution in [0.3, 0.4) is 0 Å². The third-order valence-electron chi connectivity index (χ3n) is 2.45. The molecule has 3 nitrogen and oxygen atoms in total. The summed E-state index contributed by atoms with van der Waals surface area (Å²) in [7, 11) is 3.33. The molecule has 0 aliphatic heterocycles. The fraction of sp³-hybridized carbons (Fsp3) is 0.312. The molecule has 0 aliphatic rings. The second kappa shape index (κ2) is 9.11. The van der Waals surface area contributed by atoms with Gasteiger partial charge < -0.3 is 9.47 Å². The van der Waals surface area contributed by atoms with Gasteiger partial charge in [-0.15, -0.1) is 0 Å². The maximum absolute atomic E-state index is 5.11. The standard InChI is InChI=1S/C16H21NO2/c1-4-6-14(7-5-12-18-2)13-17-15-8-10-16(19-3)11-9-15/h5-11,13H,4,12H2,1-3H3/b7-5-,14-6+,17-13?. The van der Waals surface area contributed by atoms with Gasteiger partial charge in [-0.2, -0.15) is 0 Å². The molecule has 0 spiro atoms. The largest absolute Gasteiger partial charge is 0.497 e. The van der Waals surface area contributed by atoms with Gasteiger partial charge >= 0.3 is 0 Å². The topological polar surface area (TPSA) is 30.8 Å². The van der Waals surface area contributed by atoms with Crippen molar-refractivity contribution >= 4 is 11.9 Å². The van der Waals surface area contributed by atoms with E-state index in [0.717, 1.165) is 23.4 Å². The van der Waals surface area contributed by atoms with Gasteiger partial charge in [0, 0.05) is 13.3 Å². The molecule has 3 heteroatoms. The molecular weight excluding hydrogens is 238 g/mol. The Balaban J connectivity index is 2.71. The molecule has 0 unspecified atom stereocenters. The third kappa shape index (κ3) is 6.02. The van der Waals surface area contributed by atoms with Gasteiger partial charge in [0.1, 0.15) is 5.75 Å². The van der Waals surface area contributed by atoms with Gasteiger partial charge in [0.15, 0.2) is 0 Å². The summed E-state index contributed by atoms with van der Waals surface area (Å²) in [6.45, 7) is 2.71. The number of nitrogens with zero attached hydrogens (tertiary/aromatic N) is 1. The van der Waals surface area contributed by atoms with E-state index in [0.29, 0.717) is 6.61 Å². The predicted molar refractivity (Wildman–Crippen MR) is 80.5 cm³/mol. The average Bonchev–Trinajstić information content (AvgIpc) is 2.45. The molecule has 1 aromatic carbocycles. The Hall–Kier alpha value is -1.87. The van der Waals surface area contributed by atoms with Crippen LogP contribution in [0.1, 0.15) is 13.3 Å². The minimum absolute atomic E-state index is 0.609. The lowest BCUT2D eigenvalue weighted by atomic mass is 10.2. The van der Waals surface area contributed by atoms with Gasteiger partial charge in [-0.3, -0.25) is 4.99 Å². The van der Waals surface area contributed by atoms with Crippen LogP contribution in [0.15, 0.2) is 53.1 Å². The lowest BCUT2D eigenvalue weighted by Crippen LogP contribution is -1.84. The Morgan fingerprint density at radius 2 is 1.95 bits per heavy atom. The summed E-state index contributed by atoms with van der Waals surface area (Å²) < 4.78 is 10.1. The van der Waals surface area contributed by atoms with Gasteiger partial charge in [-0.05, 0) is 36.3 Å². The smallest absolute Gasteiger partial charge is 0.119 e. The van der Waals surface area contributed by atoms with Crippen molar-refractivity contribution < 1.29 is 9.47 Å². The zero-order valence-electron chi connectivity index (χ0n) is 11.8. The molecular formula is C16H21NO2. The van der Waals surface area contributed by atoms with E-state index in [9.17, 15) is 0 Å². The zero-order chi connectivity index (χ0) is 13.9. The Kier molecular flexibility index (Phi) is 7.28. The first-order valence-electron chi connectivity index (χ1n) is 6.34. The Labute approximate surface area is 115 Å². The molecule has 0 fully saturated rings. The summed E-state index contributed by atoms with van der Waals surface area (Å²) in [5.74, 6) is 0.836. The van der Waals surface area contributed by atoms with E-state index >= 15 is 0 Å². The van der Waals surface area contributed by atoms with Crippen LogP contribution in [0.4, 0.5) is 5.69 Å². The highest BCUT2D eigenvalue weighted by Gasteiger charge is 1.92. The van der Waals surface area contributed by atoms with Gasteiger partial charge in [-0.1, -0.05) is 25.2 Å². The average molecular weight is 259 g/mol. The number of aliphatic imine (C=N–C) groups is 1. The summed E-state index contributed by atoms with van der Waals surface area (Å²) in [6, 6.07) is 7.66. The maximum Gasteiger partial charge on any atom is 0.119 e. The first-order chi connectivity index (χ1) is 9.30. The highest BCUT2D eigenvalue weighted by molar-refractivity contribution is 5.84. The van der Waals surface area contributed by atoms with Crippen molar-refractivity contribution in [2.24, 2.45) is 4.99 Å². The minimum Gasteiger partial charge on any atom is -0.497 e. The van der Waals surface area contributed by atoms with Gasteiger partial charge in [-0.25, -0.2) is 0 Å². The molecule has 102 valence electrons. The van der Waals surface area contributed by atoms with E-state index in [-0.39, 0.29) is 0 Å². The number of hydrogen-bond donors (Lipinski definition) is 0. The number of ether oxygens (including phenoxy) is 2. The van der Waals surface area contributed by atoms with E-state index in [4.69, 9.17) is 9.47 Å². The van der Waals surface area contributed by atoms with Crippen LogP contribution >= 0.6 is 0 Å². The van der Waals surface area contributed by atoms with Crippen molar-refractivity contribution in [2.45, 2.75) is 13.3 Å². The molecule has 1 rings (SSSR count). The van der Waals surface area contributed by atoms with Gasteiger partial charge in [0.2, 0.25) is 0 Å². The van der Waals surface area contributed by atoms with Crippen LogP contribution in [0.25, 0.3) is 0 Å². The number of benzene rings is 1. The highest BCUT2D eigenvalue weighted by atomic mass is 16.5. The van der Waals surface area contributed by atoms with E-state index in [2.05, 4.69) is 18.0 Å². The summed E-state index contributed by atoms with van der Waals surface area (Å²) in [5, 5.41) is 0. The van der Waals surface area contributed by atoms with Crippen molar-refractivity contribution in [3.8, 4) is 5.75 Å². The van der Waals surface area contributed by atoms with Gasteiger partial charge in [0.25, 0.3) is 0 Å². The normalized spacial score (nSPS) is 12.5. The molecule has 0 radical (unpaired) electrons. The number of hydrogen-bond acceptors (Lipinski definition) is 3. The van der Waals surface area contributed by atoms with Crippen molar-refractivity contribution in [1.82, 2.24) is 0 Å². The minimum atomic E-state index is 0.609. The molecule has 0 N–H and O–H groups in total. The SMILES string of the molecule is CC/C=C(C=Nc1ccc(OC)cc1)\C=C/COC. The van der Waals surface area contributed by atoms with Crippen LogP contribution in [-0.4, -0.2) is 27.0 Å². The van der Waals surface area contributed by atoms with Crippen molar-refractivity contribution in [2.75, 3.05) is 20.8 Å². The molecule has 1 aromatic rings. The molecule has 0 saturated carbocycles. The van der Waals surface area contributed by atoms with E-state index in [1.165, 1.54) is 0 Å². The first-order valence-corrected chi connectivity index (χ1v) is 6.34. The summed E-state index contributed by atoms with van der Waals surface area (Å²) >= 11 is 0.